The van der Waals surface area contributed by atoms with E-state index in [0.717, 1.165) is 12.1 Å². The Labute approximate surface area is 172 Å². The number of para-hydroxylation sites is 1. The molecule has 29 heavy (non-hydrogen) atoms. The summed E-state index contributed by atoms with van der Waals surface area (Å²) in [6.07, 6.45) is 11.8. The normalized spacial score (nSPS) is 19.9. The average molecular weight is 397 g/mol. The molecule has 1 aliphatic carbocycles. The van der Waals surface area contributed by atoms with E-state index >= 15 is 0 Å². The predicted molar refractivity (Wildman–Crippen MR) is 115 cm³/mol. The number of carbonyl (C=O) groups is 1. The topological polar surface area (TPSA) is 67.2 Å². The Morgan fingerprint density at radius 1 is 1.03 bits per heavy atom. The lowest BCUT2D eigenvalue weighted by Gasteiger charge is -2.48. The number of hydrogen-bond acceptors (Lipinski definition) is 4. The van der Waals surface area contributed by atoms with E-state index in [1.54, 1.807) is 10.7 Å². The Balaban J connectivity index is 1.38. The molecule has 0 radical (unpaired) electrons. The fraction of sp³-hybridized carbons (Fsp3) is 0.609. The first kappa shape index (κ1) is 20.1. The number of nitrogens with one attached hydrogen (secondary N) is 1. The monoisotopic (exact) mass is 396 g/mol. The summed E-state index contributed by atoms with van der Waals surface area (Å²) < 4.78 is 1.76. The van der Waals surface area contributed by atoms with Crippen LogP contribution in [0.4, 0.5) is 0 Å². The van der Waals surface area contributed by atoms with Crippen molar-refractivity contribution in [2.24, 2.45) is 0 Å². The molecule has 1 aliphatic heterocycles. The van der Waals surface area contributed by atoms with Crippen LogP contribution in [0.2, 0.25) is 0 Å². The van der Waals surface area contributed by atoms with Crippen molar-refractivity contribution in [3.63, 3.8) is 0 Å². The van der Waals surface area contributed by atoms with E-state index in [4.69, 9.17) is 0 Å². The van der Waals surface area contributed by atoms with E-state index < -0.39 is 0 Å². The van der Waals surface area contributed by atoms with E-state index in [0.29, 0.717) is 18.4 Å². The van der Waals surface area contributed by atoms with E-state index in [9.17, 15) is 9.59 Å². The number of amides is 1. The van der Waals surface area contributed by atoms with Gasteiger partial charge in [0.05, 0.1) is 18.3 Å². The molecule has 1 saturated carbocycles. The zero-order valence-corrected chi connectivity index (χ0v) is 17.2. The van der Waals surface area contributed by atoms with E-state index in [1.165, 1.54) is 70.7 Å². The molecule has 6 heteroatoms. The molecule has 0 bridgehead atoms. The summed E-state index contributed by atoms with van der Waals surface area (Å²) in [5.41, 5.74) is 0.850. The van der Waals surface area contributed by atoms with Crippen molar-refractivity contribution in [1.29, 1.82) is 0 Å². The molecular formula is C23H32N4O2. The maximum absolute atomic E-state index is 12.7. The first-order chi connectivity index (χ1) is 14.2. The van der Waals surface area contributed by atoms with Crippen LogP contribution in [0.1, 0.15) is 57.8 Å². The average Bonchev–Trinajstić information content (AvgIpc) is 2.79. The molecule has 2 aromatic rings. The molecule has 1 aromatic carbocycles. The lowest BCUT2D eigenvalue weighted by molar-refractivity contribution is -0.122. The van der Waals surface area contributed by atoms with Gasteiger partial charge in [-0.05, 0) is 50.9 Å². The Morgan fingerprint density at radius 3 is 2.55 bits per heavy atom. The molecule has 6 nitrogen and oxygen atoms in total. The summed E-state index contributed by atoms with van der Waals surface area (Å²) >= 11 is 0. The summed E-state index contributed by atoms with van der Waals surface area (Å²) in [6, 6.07) is 7.44. The number of aromatic nitrogens is 2. The maximum Gasteiger partial charge on any atom is 0.221 e. The van der Waals surface area contributed by atoms with Gasteiger partial charge >= 0.3 is 0 Å². The van der Waals surface area contributed by atoms with E-state index in [2.05, 4.69) is 15.3 Å². The van der Waals surface area contributed by atoms with Crippen molar-refractivity contribution in [3.8, 4) is 0 Å². The molecule has 0 unspecified atom stereocenters. The van der Waals surface area contributed by atoms with Crippen LogP contribution >= 0.6 is 0 Å². The van der Waals surface area contributed by atoms with Gasteiger partial charge in [0.1, 0.15) is 0 Å². The van der Waals surface area contributed by atoms with Gasteiger partial charge < -0.3 is 5.32 Å². The molecule has 0 spiro atoms. The highest BCUT2D eigenvalue weighted by atomic mass is 16.1. The minimum Gasteiger partial charge on any atom is -0.354 e. The van der Waals surface area contributed by atoms with E-state index in [1.807, 2.05) is 18.2 Å². The quantitative estimate of drug-likeness (QED) is 0.815. The molecule has 1 N–H and O–H groups in total. The molecule has 156 valence electrons. The van der Waals surface area contributed by atoms with Gasteiger partial charge in [0.25, 0.3) is 0 Å². The lowest BCUT2D eigenvalue weighted by atomic mass is 9.79. The van der Waals surface area contributed by atoms with Crippen molar-refractivity contribution >= 4 is 16.8 Å². The highest BCUT2D eigenvalue weighted by molar-refractivity contribution is 5.79. The molecule has 2 aliphatic rings. The fourth-order valence-electron chi connectivity index (χ4n) is 5.08. The number of hydrogen-bond donors (Lipinski definition) is 1. The third-order valence-electron chi connectivity index (χ3n) is 6.74. The van der Waals surface area contributed by atoms with Crippen LogP contribution in [0.3, 0.4) is 0 Å². The fourth-order valence-corrected chi connectivity index (χ4v) is 5.08. The van der Waals surface area contributed by atoms with Crippen LogP contribution in [0.5, 0.6) is 0 Å². The molecule has 4 rings (SSSR count). The second kappa shape index (κ2) is 9.08. The third kappa shape index (κ3) is 4.53. The van der Waals surface area contributed by atoms with Crippen LogP contribution in [0.15, 0.2) is 35.3 Å². The van der Waals surface area contributed by atoms with Crippen molar-refractivity contribution in [3.05, 3.63) is 40.7 Å². The predicted octanol–water partition coefficient (Wildman–Crippen LogP) is 3.09. The number of rotatable bonds is 6. The summed E-state index contributed by atoms with van der Waals surface area (Å²) in [4.78, 5) is 27.3. The van der Waals surface area contributed by atoms with Gasteiger partial charge in [-0.2, -0.15) is 5.10 Å². The number of benzene rings is 1. The smallest absolute Gasteiger partial charge is 0.221 e. The molecule has 1 amide bonds. The third-order valence-corrected chi connectivity index (χ3v) is 6.74. The van der Waals surface area contributed by atoms with Gasteiger partial charge in [-0.1, -0.05) is 37.8 Å². The summed E-state index contributed by atoms with van der Waals surface area (Å²) in [5, 5.41) is 8.12. The zero-order chi connectivity index (χ0) is 20.1. The SMILES string of the molecule is O=C(CCn1ncc(=O)c2ccccc21)NCC1(N2CCCCC2)CCCCC1. The molecule has 1 aromatic heterocycles. The summed E-state index contributed by atoms with van der Waals surface area (Å²) in [5.74, 6) is 0.0662. The Morgan fingerprint density at radius 2 is 1.76 bits per heavy atom. The van der Waals surface area contributed by atoms with Gasteiger partial charge in [-0.3, -0.25) is 19.2 Å². The van der Waals surface area contributed by atoms with Crippen molar-refractivity contribution in [1.82, 2.24) is 20.0 Å². The number of nitrogens with zero attached hydrogens (tertiary/aromatic N) is 3. The number of piperidine rings is 1. The van der Waals surface area contributed by atoms with Crippen molar-refractivity contribution in [2.45, 2.75) is 69.9 Å². The van der Waals surface area contributed by atoms with Crippen LogP contribution < -0.4 is 10.7 Å². The first-order valence-electron chi connectivity index (χ1n) is 11.1. The van der Waals surface area contributed by atoms with Crippen LogP contribution in [0, 0.1) is 0 Å². The highest BCUT2D eigenvalue weighted by Crippen LogP contribution is 2.35. The van der Waals surface area contributed by atoms with E-state index in [-0.39, 0.29) is 16.9 Å². The minimum atomic E-state index is -0.0814. The Bertz CT molecular complexity index is 895. The standard InChI is InChI=1S/C23H32N4O2/c28-21-17-25-27(20-10-4-3-9-19(20)21)16-11-22(29)24-18-23(12-5-1-6-13-23)26-14-7-2-8-15-26/h3-4,9-10,17H,1-2,5-8,11-16,18H2,(H,24,29). The molecule has 2 fully saturated rings. The molecule has 0 atom stereocenters. The summed E-state index contributed by atoms with van der Waals surface area (Å²) in [7, 11) is 0. The second-order valence-electron chi connectivity index (χ2n) is 8.61. The Hall–Kier alpha value is -2.21. The van der Waals surface area contributed by atoms with Gasteiger partial charge in [0.15, 0.2) is 0 Å². The van der Waals surface area contributed by atoms with Crippen LogP contribution in [0.25, 0.3) is 10.9 Å². The molecular weight excluding hydrogens is 364 g/mol. The Kier molecular flexibility index (Phi) is 6.28. The van der Waals surface area contributed by atoms with Gasteiger partial charge in [-0.15, -0.1) is 0 Å². The minimum absolute atomic E-state index is 0.0662. The van der Waals surface area contributed by atoms with Gasteiger partial charge in [0.2, 0.25) is 11.3 Å². The second-order valence-corrected chi connectivity index (χ2v) is 8.61. The van der Waals surface area contributed by atoms with Gasteiger partial charge in [0, 0.05) is 23.9 Å². The zero-order valence-electron chi connectivity index (χ0n) is 17.2. The van der Waals surface area contributed by atoms with Crippen LogP contribution in [-0.4, -0.2) is 45.8 Å². The summed E-state index contributed by atoms with van der Waals surface area (Å²) in [6.45, 7) is 3.57. The lowest BCUT2D eigenvalue weighted by Crippen LogP contribution is -2.58. The molecule has 1 saturated heterocycles. The number of carbonyl (C=O) groups excluding carboxylic acids is 1. The highest BCUT2D eigenvalue weighted by Gasteiger charge is 2.38. The number of likely N-dealkylation sites (tertiary alicyclic amines) is 1. The number of fused-ring (bicyclic) bond motifs is 1. The first-order valence-corrected chi connectivity index (χ1v) is 11.1. The van der Waals surface area contributed by atoms with Crippen LogP contribution in [-0.2, 0) is 11.3 Å². The van der Waals surface area contributed by atoms with Crippen molar-refractivity contribution < 1.29 is 4.79 Å². The van der Waals surface area contributed by atoms with Crippen molar-refractivity contribution in [2.75, 3.05) is 19.6 Å². The maximum atomic E-state index is 12.7. The number of aryl methyl sites for hydroxylation is 1. The largest absolute Gasteiger partial charge is 0.354 e. The molecule has 2 heterocycles. The van der Waals surface area contributed by atoms with Gasteiger partial charge in [-0.25, -0.2) is 0 Å².